The molecule has 20 heavy (non-hydrogen) atoms. The second-order valence-electron chi connectivity index (χ2n) is 4.06. The van der Waals surface area contributed by atoms with Crippen molar-refractivity contribution in [2.24, 2.45) is 0 Å². The first-order valence-electron chi connectivity index (χ1n) is 5.72. The summed E-state index contributed by atoms with van der Waals surface area (Å²) in [6.45, 7) is 0.529. The van der Waals surface area contributed by atoms with Crippen LogP contribution in [0.15, 0.2) is 39.3 Å². The van der Waals surface area contributed by atoms with Gasteiger partial charge in [-0.15, -0.1) is 0 Å². The molecule has 2 aromatic carbocycles. The molecular weight excluding hydrogens is 412 g/mol. The van der Waals surface area contributed by atoms with Gasteiger partial charge in [-0.1, -0.05) is 27.5 Å². The molecule has 2 nitrogen and oxygen atoms in total. The van der Waals surface area contributed by atoms with Crippen LogP contribution in [0.5, 0.6) is 5.75 Å². The van der Waals surface area contributed by atoms with Gasteiger partial charge >= 0.3 is 0 Å². The van der Waals surface area contributed by atoms with Gasteiger partial charge in [0.1, 0.15) is 11.6 Å². The lowest BCUT2D eigenvalue weighted by molar-refractivity contribution is 0.414. The Labute approximate surface area is 138 Å². The Morgan fingerprint density at radius 2 is 1.95 bits per heavy atom. The molecule has 0 aliphatic rings. The molecule has 0 unspecified atom stereocenters. The molecule has 0 amide bonds. The van der Waals surface area contributed by atoms with Crippen molar-refractivity contribution in [3.05, 3.63) is 55.7 Å². The van der Waals surface area contributed by atoms with E-state index in [9.17, 15) is 4.39 Å². The Kier molecular flexibility index (Phi) is 5.29. The van der Waals surface area contributed by atoms with E-state index in [1.54, 1.807) is 7.11 Å². The van der Waals surface area contributed by atoms with Crippen LogP contribution in [-0.4, -0.2) is 7.11 Å². The van der Waals surface area contributed by atoms with E-state index in [-0.39, 0.29) is 5.82 Å². The van der Waals surface area contributed by atoms with Crippen LogP contribution in [0.25, 0.3) is 0 Å². The van der Waals surface area contributed by atoms with Crippen molar-refractivity contribution in [2.45, 2.75) is 6.54 Å². The van der Waals surface area contributed by atoms with E-state index in [0.717, 1.165) is 15.8 Å². The van der Waals surface area contributed by atoms with Crippen LogP contribution < -0.4 is 10.1 Å². The molecule has 0 fully saturated rings. The van der Waals surface area contributed by atoms with Crippen LogP contribution in [0.2, 0.25) is 5.02 Å². The molecule has 0 spiro atoms. The lowest BCUT2D eigenvalue weighted by atomic mass is 10.2. The predicted octanol–water partition coefficient (Wildman–Crippen LogP) is 5.62. The summed E-state index contributed by atoms with van der Waals surface area (Å²) in [6, 6.07) is 8.35. The molecule has 0 aliphatic heterocycles. The minimum absolute atomic E-state index is 0.330. The van der Waals surface area contributed by atoms with E-state index in [1.807, 2.05) is 18.2 Å². The number of ether oxygens (including phenoxy) is 1. The summed E-state index contributed by atoms with van der Waals surface area (Å²) >= 11 is 12.8. The first kappa shape index (κ1) is 15.6. The zero-order valence-electron chi connectivity index (χ0n) is 10.5. The van der Waals surface area contributed by atoms with E-state index in [1.165, 1.54) is 12.1 Å². The van der Waals surface area contributed by atoms with Crippen molar-refractivity contribution >= 4 is 49.1 Å². The van der Waals surface area contributed by atoms with E-state index < -0.39 is 0 Å². The number of anilines is 1. The van der Waals surface area contributed by atoms with Crippen LogP contribution in [0.4, 0.5) is 10.1 Å². The molecule has 0 saturated heterocycles. The first-order valence-corrected chi connectivity index (χ1v) is 7.68. The molecule has 2 rings (SSSR count). The van der Waals surface area contributed by atoms with Crippen molar-refractivity contribution in [2.75, 3.05) is 12.4 Å². The maximum Gasteiger partial charge on any atom is 0.125 e. The topological polar surface area (TPSA) is 21.3 Å². The number of rotatable bonds is 4. The third-order valence-corrected chi connectivity index (χ3v) is 4.41. The van der Waals surface area contributed by atoms with E-state index in [2.05, 4.69) is 37.2 Å². The smallest absolute Gasteiger partial charge is 0.125 e. The minimum Gasteiger partial charge on any atom is -0.497 e. The second kappa shape index (κ2) is 6.78. The standard InChI is InChI=1S/C14H11Br2ClFNO/c1-20-10-2-3-11(15)8(4-10)7-19-14-12(16)5-9(18)6-13(14)17/h2-6,19H,7H2,1H3. The zero-order chi connectivity index (χ0) is 14.7. The minimum atomic E-state index is -0.380. The highest BCUT2D eigenvalue weighted by atomic mass is 79.9. The van der Waals surface area contributed by atoms with E-state index >= 15 is 0 Å². The maximum absolute atomic E-state index is 13.2. The highest BCUT2D eigenvalue weighted by Crippen LogP contribution is 2.33. The number of hydrogen-bond donors (Lipinski definition) is 1. The van der Waals surface area contributed by atoms with Crippen LogP contribution >= 0.6 is 43.5 Å². The number of halogens is 4. The van der Waals surface area contributed by atoms with Gasteiger partial charge in [-0.25, -0.2) is 4.39 Å². The fraction of sp³-hybridized carbons (Fsp3) is 0.143. The average Bonchev–Trinajstić information content (AvgIpc) is 2.39. The van der Waals surface area contributed by atoms with Crippen LogP contribution in [-0.2, 0) is 6.54 Å². The van der Waals surface area contributed by atoms with Gasteiger partial charge in [-0.2, -0.15) is 0 Å². The van der Waals surface area contributed by atoms with Gasteiger partial charge < -0.3 is 10.1 Å². The Bertz CT molecular complexity index is 614. The molecule has 2 aromatic rings. The van der Waals surface area contributed by atoms with Crippen molar-refractivity contribution in [1.29, 1.82) is 0 Å². The van der Waals surface area contributed by atoms with Crippen LogP contribution in [0.3, 0.4) is 0 Å². The molecule has 6 heteroatoms. The van der Waals surface area contributed by atoms with Gasteiger partial charge in [-0.3, -0.25) is 0 Å². The number of benzene rings is 2. The van der Waals surface area contributed by atoms with Crippen LogP contribution in [0.1, 0.15) is 5.56 Å². The molecule has 0 aliphatic carbocycles. The molecule has 0 saturated carbocycles. The normalized spacial score (nSPS) is 10.4. The molecule has 0 bridgehead atoms. The summed E-state index contributed by atoms with van der Waals surface area (Å²) < 4.78 is 19.9. The van der Waals surface area contributed by atoms with Gasteiger partial charge in [-0.05, 0) is 51.8 Å². The summed E-state index contributed by atoms with van der Waals surface area (Å²) in [6.07, 6.45) is 0. The van der Waals surface area contributed by atoms with Gasteiger partial charge in [0.2, 0.25) is 0 Å². The lowest BCUT2D eigenvalue weighted by Gasteiger charge is -2.13. The number of hydrogen-bond acceptors (Lipinski definition) is 2. The van der Waals surface area contributed by atoms with Gasteiger partial charge in [0, 0.05) is 15.5 Å². The second-order valence-corrected chi connectivity index (χ2v) is 6.17. The summed E-state index contributed by atoms with van der Waals surface area (Å²) in [5.74, 6) is 0.393. The monoisotopic (exact) mass is 421 g/mol. The van der Waals surface area contributed by atoms with Crippen molar-refractivity contribution in [3.8, 4) is 5.75 Å². The Hall–Kier alpha value is -0.780. The van der Waals surface area contributed by atoms with Gasteiger partial charge in [0.05, 0.1) is 17.8 Å². The SMILES string of the molecule is COc1ccc(Br)c(CNc2c(Cl)cc(F)cc2Br)c1. The lowest BCUT2D eigenvalue weighted by Crippen LogP contribution is -2.02. The van der Waals surface area contributed by atoms with E-state index in [0.29, 0.717) is 21.7 Å². The van der Waals surface area contributed by atoms with Gasteiger partial charge in [0.25, 0.3) is 0 Å². The molecule has 0 radical (unpaired) electrons. The average molecular weight is 424 g/mol. The zero-order valence-corrected chi connectivity index (χ0v) is 14.4. The quantitative estimate of drug-likeness (QED) is 0.689. The fourth-order valence-corrected chi connectivity index (χ4v) is 3.05. The van der Waals surface area contributed by atoms with E-state index in [4.69, 9.17) is 16.3 Å². The summed E-state index contributed by atoms with van der Waals surface area (Å²) in [7, 11) is 1.62. The first-order chi connectivity index (χ1) is 9.51. The predicted molar refractivity (Wildman–Crippen MR) is 87.1 cm³/mol. The highest BCUT2D eigenvalue weighted by molar-refractivity contribution is 9.11. The fourth-order valence-electron chi connectivity index (χ4n) is 1.71. The Morgan fingerprint density at radius 1 is 1.20 bits per heavy atom. The third-order valence-electron chi connectivity index (χ3n) is 2.72. The largest absolute Gasteiger partial charge is 0.497 e. The maximum atomic E-state index is 13.2. The third kappa shape index (κ3) is 3.65. The molecule has 106 valence electrons. The van der Waals surface area contributed by atoms with Crippen molar-refractivity contribution in [3.63, 3.8) is 0 Å². The van der Waals surface area contributed by atoms with Crippen molar-refractivity contribution < 1.29 is 9.13 Å². The summed E-state index contributed by atoms with van der Waals surface area (Å²) in [4.78, 5) is 0. The molecule has 0 heterocycles. The number of nitrogens with one attached hydrogen (secondary N) is 1. The van der Waals surface area contributed by atoms with Crippen LogP contribution in [0, 0.1) is 5.82 Å². The highest BCUT2D eigenvalue weighted by Gasteiger charge is 2.09. The Morgan fingerprint density at radius 3 is 2.60 bits per heavy atom. The summed E-state index contributed by atoms with van der Waals surface area (Å²) in [5, 5.41) is 3.52. The molecule has 1 N–H and O–H groups in total. The van der Waals surface area contributed by atoms with Gasteiger partial charge in [0.15, 0.2) is 0 Å². The summed E-state index contributed by atoms with van der Waals surface area (Å²) in [5.41, 5.74) is 1.67. The molecule has 0 atom stereocenters. The van der Waals surface area contributed by atoms with Crippen molar-refractivity contribution in [1.82, 2.24) is 0 Å². The molecule has 0 aromatic heterocycles. The Balaban J connectivity index is 2.21. The number of methoxy groups -OCH3 is 1. The molecular formula is C14H11Br2ClFNO.